The molecule has 2 amide bonds. The molecule has 1 unspecified atom stereocenters. The number of carbonyl (C=O) groups is 4. The predicted octanol–water partition coefficient (Wildman–Crippen LogP) is 4.98. The van der Waals surface area contributed by atoms with E-state index >= 15 is 0 Å². The molecule has 1 saturated heterocycles. The molecule has 1 saturated carbocycles. The van der Waals surface area contributed by atoms with E-state index in [1.807, 2.05) is 31.2 Å². The third-order valence-corrected chi connectivity index (χ3v) is 6.38. The lowest BCUT2D eigenvalue weighted by atomic mass is 9.91. The van der Waals surface area contributed by atoms with Crippen LogP contribution in [0.1, 0.15) is 72.4 Å². The maximum Gasteiger partial charge on any atom is 0.420 e. The average Bonchev–Trinajstić information content (AvgIpc) is 3.65. The summed E-state index contributed by atoms with van der Waals surface area (Å²) >= 11 is 0. The van der Waals surface area contributed by atoms with Gasteiger partial charge < -0.3 is 23.7 Å². The topological polar surface area (TPSA) is 118 Å². The summed E-state index contributed by atoms with van der Waals surface area (Å²) in [6.07, 6.45) is -1.78. The SMILES string of the molecule is Cc1ccc(C[C@H]2COC[C@H](N(C(=O)OC(C)(C)C)C(=O)OC(C)(C)C)C(=O)O[C@@H](C)C2OC(=O)C2CC2)cc1. The van der Waals surface area contributed by atoms with Crippen molar-refractivity contribution in [3.63, 3.8) is 0 Å². The molecule has 0 aromatic heterocycles. The minimum absolute atomic E-state index is 0.0877. The van der Waals surface area contributed by atoms with Gasteiger partial charge in [-0.2, -0.15) is 4.90 Å². The fraction of sp³-hybridized carbons (Fsp3) is 0.667. The molecule has 2 fully saturated rings. The predicted molar refractivity (Wildman–Crippen MR) is 145 cm³/mol. The summed E-state index contributed by atoms with van der Waals surface area (Å²) < 4.78 is 28.5. The van der Waals surface area contributed by atoms with Crippen LogP contribution in [0.4, 0.5) is 9.59 Å². The highest BCUT2D eigenvalue weighted by molar-refractivity contribution is 5.94. The van der Waals surface area contributed by atoms with Crippen LogP contribution in [-0.2, 0) is 39.7 Å². The Bertz CT molecular complexity index is 1040. The van der Waals surface area contributed by atoms with E-state index in [4.69, 9.17) is 23.7 Å². The first kappa shape index (κ1) is 31.4. The van der Waals surface area contributed by atoms with Gasteiger partial charge in [-0.3, -0.25) is 4.79 Å². The monoisotopic (exact) mass is 561 g/mol. The Morgan fingerprint density at radius 2 is 1.48 bits per heavy atom. The van der Waals surface area contributed by atoms with Crippen LogP contribution in [0.2, 0.25) is 0 Å². The van der Waals surface area contributed by atoms with Crippen LogP contribution in [0.15, 0.2) is 24.3 Å². The van der Waals surface area contributed by atoms with Gasteiger partial charge in [-0.15, -0.1) is 0 Å². The summed E-state index contributed by atoms with van der Waals surface area (Å²) in [6, 6.07) is 6.50. The van der Waals surface area contributed by atoms with Crippen molar-refractivity contribution >= 4 is 24.1 Å². The number of carbonyl (C=O) groups excluding carboxylic acids is 4. The molecule has 0 spiro atoms. The molecule has 222 valence electrons. The van der Waals surface area contributed by atoms with Crippen LogP contribution in [-0.4, -0.2) is 71.7 Å². The number of hydrogen-bond acceptors (Lipinski definition) is 9. The first-order chi connectivity index (χ1) is 18.5. The van der Waals surface area contributed by atoms with Crippen LogP contribution >= 0.6 is 0 Å². The molecule has 4 atom stereocenters. The lowest BCUT2D eigenvalue weighted by molar-refractivity contribution is -0.173. The van der Waals surface area contributed by atoms with Crippen LogP contribution < -0.4 is 0 Å². The number of cyclic esters (lactones) is 1. The molecule has 1 aromatic carbocycles. The van der Waals surface area contributed by atoms with Crippen molar-refractivity contribution in [3.05, 3.63) is 35.4 Å². The molecular formula is C30H43NO9. The Kier molecular flexibility index (Phi) is 9.87. The van der Waals surface area contributed by atoms with Gasteiger partial charge in [-0.1, -0.05) is 29.8 Å². The van der Waals surface area contributed by atoms with Crippen LogP contribution in [0.5, 0.6) is 0 Å². The number of aryl methyl sites for hydroxylation is 1. The minimum Gasteiger partial charge on any atom is -0.458 e. The highest BCUT2D eigenvalue weighted by atomic mass is 16.6. The lowest BCUT2D eigenvalue weighted by Crippen LogP contribution is -2.54. The van der Waals surface area contributed by atoms with Gasteiger partial charge in [0, 0.05) is 5.92 Å². The number of ether oxygens (including phenoxy) is 5. The summed E-state index contributed by atoms with van der Waals surface area (Å²) in [4.78, 5) is 53.2. The fourth-order valence-electron chi connectivity index (χ4n) is 4.28. The van der Waals surface area contributed by atoms with E-state index in [0.29, 0.717) is 11.3 Å². The van der Waals surface area contributed by atoms with Gasteiger partial charge in [0.25, 0.3) is 0 Å². The number of esters is 2. The van der Waals surface area contributed by atoms with Crippen molar-refractivity contribution < 1.29 is 42.9 Å². The lowest BCUT2D eigenvalue weighted by Gasteiger charge is -2.32. The van der Waals surface area contributed by atoms with Crippen molar-refractivity contribution in [1.82, 2.24) is 4.90 Å². The second kappa shape index (κ2) is 12.6. The first-order valence-corrected chi connectivity index (χ1v) is 13.8. The van der Waals surface area contributed by atoms with Crippen molar-refractivity contribution in [2.75, 3.05) is 13.2 Å². The quantitative estimate of drug-likeness (QED) is 0.362. The second-order valence-electron chi connectivity index (χ2n) is 12.7. The van der Waals surface area contributed by atoms with E-state index in [1.165, 1.54) is 0 Å². The average molecular weight is 562 g/mol. The largest absolute Gasteiger partial charge is 0.458 e. The number of amides is 2. The highest BCUT2D eigenvalue weighted by Gasteiger charge is 2.45. The van der Waals surface area contributed by atoms with E-state index in [1.54, 1.807) is 48.5 Å². The number of imide groups is 1. The molecule has 40 heavy (non-hydrogen) atoms. The van der Waals surface area contributed by atoms with Gasteiger partial charge in [0.2, 0.25) is 0 Å². The Labute approximate surface area is 236 Å². The normalized spacial score (nSPS) is 24.1. The van der Waals surface area contributed by atoms with E-state index in [2.05, 4.69) is 0 Å². The maximum atomic E-state index is 13.5. The van der Waals surface area contributed by atoms with Gasteiger partial charge in [-0.25, -0.2) is 14.4 Å². The van der Waals surface area contributed by atoms with E-state index < -0.39 is 47.6 Å². The van der Waals surface area contributed by atoms with Crippen LogP contribution in [0.25, 0.3) is 0 Å². The third-order valence-electron chi connectivity index (χ3n) is 6.38. The van der Waals surface area contributed by atoms with Crippen LogP contribution in [0, 0.1) is 18.8 Å². The van der Waals surface area contributed by atoms with Crippen LogP contribution in [0.3, 0.4) is 0 Å². The van der Waals surface area contributed by atoms with E-state index in [0.717, 1.165) is 24.0 Å². The third kappa shape index (κ3) is 9.21. The molecule has 10 heteroatoms. The van der Waals surface area contributed by atoms with Gasteiger partial charge in [0.1, 0.15) is 23.4 Å². The van der Waals surface area contributed by atoms with Gasteiger partial charge in [0.05, 0.1) is 19.1 Å². The van der Waals surface area contributed by atoms with Crippen molar-refractivity contribution in [2.24, 2.45) is 11.8 Å². The zero-order chi connectivity index (χ0) is 29.8. The molecule has 1 aromatic rings. The summed E-state index contributed by atoms with van der Waals surface area (Å²) in [5, 5.41) is 0. The number of hydrogen-bond donors (Lipinski definition) is 0. The Morgan fingerprint density at radius 3 is 1.98 bits per heavy atom. The van der Waals surface area contributed by atoms with Crippen molar-refractivity contribution in [1.29, 1.82) is 0 Å². The van der Waals surface area contributed by atoms with Gasteiger partial charge >= 0.3 is 24.1 Å². The first-order valence-electron chi connectivity index (χ1n) is 13.8. The summed E-state index contributed by atoms with van der Waals surface area (Å²) in [5.74, 6) is -1.74. The Hall–Kier alpha value is -3.14. The molecule has 3 rings (SSSR count). The number of benzene rings is 1. The Balaban J connectivity index is 1.92. The zero-order valence-corrected chi connectivity index (χ0v) is 24.9. The fourth-order valence-corrected chi connectivity index (χ4v) is 4.28. The molecule has 0 N–H and O–H groups in total. The molecule has 10 nitrogen and oxygen atoms in total. The van der Waals surface area contributed by atoms with Crippen molar-refractivity contribution in [3.8, 4) is 0 Å². The highest BCUT2D eigenvalue weighted by Crippen LogP contribution is 2.33. The van der Waals surface area contributed by atoms with E-state index in [-0.39, 0.29) is 31.0 Å². The molecule has 1 aliphatic heterocycles. The minimum atomic E-state index is -1.48. The number of nitrogens with zero attached hydrogens (tertiary/aromatic N) is 1. The summed E-state index contributed by atoms with van der Waals surface area (Å²) in [5.41, 5.74) is 0.218. The summed E-state index contributed by atoms with van der Waals surface area (Å²) in [7, 11) is 0. The second-order valence-corrected chi connectivity index (χ2v) is 12.7. The summed E-state index contributed by atoms with van der Waals surface area (Å²) in [6.45, 7) is 13.2. The molecule has 1 aliphatic carbocycles. The molecule has 1 heterocycles. The van der Waals surface area contributed by atoms with Gasteiger partial charge in [-0.05, 0) is 80.2 Å². The Morgan fingerprint density at radius 1 is 0.925 bits per heavy atom. The molecular weight excluding hydrogens is 518 g/mol. The number of rotatable bonds is 5. The zero-order valence-electron chi connectivity index (χ0n) is 24.9. The standard InChI is InChI=1S/C30H43NO9/c1-18-9-11-20(12-10-18)15-22-16-36-17-23(26(33)37-19(2)24(22)38-25(32)21-13-14-21)31(27(34)39-29(3,4)5)28(35)40-30(6,7)8/h9-12,19,21-24H,13-17H2,1-8H3/t19-,22-,23-,24?/m0/s1. The van der Waals surface area contributed by atoms with Gasteiger partial charge in [0.15, 0.2) is 6.04 Å². The molecule has 0 bridgehead atoms. The maximum absolute atomic E-state index is 13.5. The van der Waals surface area contributed by atoms with Crippen molar-refractivity contribution in [2.45, 2.75) is 104 Å². The smallest absolute Gasteiger partial charge is 0.420 e. The molecule has 0 radical (unpaired) electrons. The van der Waals surface area contributed by atoms with E-state index in [9.17, 15) is 19.2 Å². The molecule has 2 aliphatic rings.